The molecule has 1 amide bonds. The maximum Gasteiger partial charge on any atom is 0.220 e. The molecule has 0 radical (unpaired) electrons. The van der Waals surface area contributed by atoms with Gasteiger partial charge in [-0.1, -0.05) is 24.3 Å². The Hall–Kier alpha value is -0.850. The SMILES string of the molecule is CC(N)CCC(=O)NCc1ccccc1CN1CCC(O)CC1.Cl.Cl. The molecule has 1 saturated heterocycles. The molecule has 144 valence electrons. The van der Waals surface area contributed by atoms with E-state index in [1.807, 2.05) is 19.1 Å². The third kappa shape index (κ3) is 8.88. The number of hydrogen-bond acceptors (Lipinski definition) is 4. The van der Waals surface area contributed by atoms with Gasteiger partial charge in [-0.3, -0.25) is 9.69 Å². The van der Waals surface area contributed by atoms with Crippen molar-refractivity contribution in [3.05, 3.63) is 35.4 Å². The molecule has 1 aliphatic rings. The van der Waals surface area contributed by atoms with Crippen LogP contribution in [0.2, 0.25) is 0 Å². The molecular weight excluding hydrogens is 361 g/mol. The van der Waals surface area contributed by atoms with E-state index in [2.05, 4.69) is 22.3 Å². The molecule has 0 aromatic heterocycles. The molecule has 1 fully saturated rings. The number of aliphatic hydroxyl groups excluding tert-OH is 1. The molecule has 1 unspecified atom stereocenters. The van der Waals surface area contributed by atoms with E-state index in [-0.39, 0.29) is 42.9 Å². The van der Waals surface area contributed by atoms with Crippen LogP contribution in [0.4, 0.5) is 0 Å². The molecule has 2 rings (SSSR count). The number of nitrogens with two attached hydrogens (primary N) is 1. The summed E-state index contributed by atoms with van der Waals surface area (Å²) in [4.78, 5) is 14.2. The number of aliphatic hydroxyl groups is 1. The Balaban J connectivity index is 0.00000288. The lowest BCUT2D eigenvalue weighted by atomic mass is 10.0. The Bertz CT molecular complexity index is 507. The van der Waals surface area contributed by atoms with Crippen LogP contribution >= 0.6 is 24.8 Å². The van der Waals surface area contributed by atoms with Crippen molar-refractivity contribution >= 4 is 30.7 Å². The van der Waals surface area contributed by atoms with Gasteiger partial charge in [-0.15, -0.1) is 24.8 Å². The average molecular weight is 392 g/mol. The number of benzene rings is 1. The number of nitrogens with zero attached hydrogens (tertiary/aromatic N) is 1. The van der Waals surface area contributed by atoms with Gasteiger partial charge >= 0.3 is 0 Å². The smallest absolute Gasteiger partial charge is 0.220 e. The van der Waals surface area contributed by atoms with E-state index in [1.165, 1.54) is 5.56 Å². The fourth-order valence-corrected chi connectivity index (χ4v) is 2.84. The number of halogens is 2. The van der Waals surface area contributed by atoms with Gasteiger partial charge in [0, 0.05) is 38.6 Å². The zero-order valence-corrected chi connectivity index (χ0v) is 16.5. The van der Waals surface area contributed by atoms with Crippen molar-refractivity contribution < 1.29 is 9.90 Å². The van der Waals surface area contributed by atoms with Crippen molar-refractivity contribution in [1.29, 1.82) is 0 Å². The van der Waals surface area contributed by atoms with Crippen LogP contribution in [0.25, 0.3) is 0 Å². The number of carbonyl (C=O) groups excluding carboxylic acids is 1. The highest BCUT2D eigenvalue weighted by Gasteiger charge is 2.17. The second kappa shape index (κ2) is 12.5. The van der Waals surface area contributed by atoms with E-state index in [0.717, 1.165) is 38.0 Å². The predicted octanol–water partition coefficient (Wildman–Crippen LogP) is 2.23. The van der Waals surface area contributed by atoms with Crippen LogP contribution in [-0.4, -0.2) is 41.1 Å². The van der Waals surface area contributed by atoms with Gasteiger partial charge in [0.25, 0.3) is 0 Å². The first kappa shape index (κ1) is 24.1. The first-order chi connectivity index (χ1) is 11.0. The largest absolute Gasteiger partial charge is 0.393 e. The highest BCUT2D eigenvalue weighted by atomic mass is 35.5. The lowest BCUT2D eigenvalue weighted by Crippen LogP contribution is -2.35. The molecule has 1 atom stereocenters. The monoisotopic (exact) mass is 391 g/mol. The van der Waals surface area contributed by atoms with Crippen molar-refractivity contribution in [1.82, 2.24) is 10.2 Å². The summed E-state index contributed by atoms with van der Waals surface area (Å²) in [5.74, 6) is 0.0539. The minimum absolute atomic E-state index is 0. The molecule has 4 N–H and O–H groups in total. The maximum atomic E-state index is 11.9. The van der Waals surface area contributed by atoms with Crippen molar-refractivity contribution in [2.45, 2.75) is 57.8 Å². The Kier molecular flexibility index (Phi) is 12.1. The molecule has 0 aliphatic carbocycles. The van der Waals surface area contributed by atoms with Crippen LogP contribution in [0.1, 0.15) is 43.7 Å². The number of piperidine rings is 1. The highest BCUT2D eigenvalue weighted by molar-refractivity contribution is 5.85. The van der Waals surface area contributed by atoms with Crippen molar-refractivity contribution in [2.24, 2.45) is 5.73 Å². The van der Waals surface area contributed by atoms with E-state index in [9.17, 15) is 9.90 Å². The van der Waals surface area contributed by atoms with Crippen LogP contribution in [0.3, 0.4) is 0 Å². The molecule has 0 bridgehead atoms. The average Bonchev–Trinajstić information content (AvgIpc) is 2.54. The fourth-order valence-electron chi connectivity index (χ4n) is 2.84. The van der Waals surface area contributed by atoms with E-state index >= 15 is 0 Å². The number of likely N-dealkylation sites (tertiary alicyclic amines) is 1. The second-order valence-corrected chi connectivity index (χ2v) is 6.57. The van der Waals surface area contributed by atoms with Crippen molar-refractivity contribution in [2.75, 3.05) is 13.1 Å². The summed E-state index contributed by atoms with van der Waals surface area (Å²) in [7, 11) is 0. The maximum absolute atomic E-state index is 11.9. The molecule has 1 aromatic carbocycles. The van der Waals surface area contributed by atoms with E-state index in [0.29, 0.717) is 19.4 Å². The summed E-state index contributed by atoms with van der Waals surface area (Å²) in [6, 6.07) is 8.29. The minimum Gasteiger partial charge on any atom is -0.393 e. The van der Waals surface area contributed by atoms with Gasteiger partial charge in [-0.25, -0.2) is 0 Å². The Labute approximate surface area is 163 Å². The third-order valence-corrected chi connectivity index (χ3v) is 4.37. The van der Waals surface area contributed by atoms with Gasteiger partial charge in [-0.2, -0.15) is 0 Å². The van der Waals surface area contributed by atoms with Crippen LogP contribution in [0, 0.1) is 0 Å². The summed E-state index contributed by atoms with van der Waals surface area (Å²) in [6.07, 6.45) is 2.73. The standard InChI is InChI=1S/C18H29N3O2.2ClH/c1-14(19)6-7-18(23)20-12-15-4-2-3-5-16(15)13-21-10-8-17(22)9-11-21;;/h2-5,14,17,22H,6-13,19H2,1H3,(H,20,23);2*1H. The zero-order valence-electron chi connectivity index (χ0n) is 14.8. The summed E-state index contributed by atoms with van der Waals surface area (Å²) >= 11 is 0. The normalized spacial score (nSPS) is 16.4. The first-order valence-corrected chi connectivity index (χ1v) is 8.54. The molecule has 0 saturated carbocycles. The number of nitrogens with one attached hydrogen (secondary N) is 1. The topological polar surface area (TPSA) is 78.6 Å². The first-order valence-electron chi connectivity index (χ1n) is 8.54. The van der Waals surface area contributed by atoms with Crippen molar-refractivity contribution in [3.8, 4) is 0 Å². The van der Waals surface area contributed by atoms with Gasteiger partial charge in [0.05, 0.1) is 6.10 Å². The second-order valence-electron chi connectivity index (χ2n) is 6.57. The van der Waals surface area contributed by atoms with Gasteiger partial charge in [0.2, 0.25) is 5.91 Å². The minimum atomic E-state index is -0.147. The Morgan fingerprint density at radius 1 is 1.28 bits per heavy atom. The van der Waals surface area contributed by atoms with E-state index < -0.39 is 0 Å². The lowest BCUT2D eigenvalue weighted by Gasteiger charge is -2.30. The van der Waals surface area contributed by atoms with Gasteiger partial charge in [0.15, 0.2) is 0 Å². The summed E-state index contributed by atoms with van der Waals surface area (Å²) in [5.41, 5.74) is 8.09. The van der Waals surface area contributed by atoms with Crippen LogP contribution in [0.15, 0.2) is 24.3 Å². The quantitative estimate of drug-likeness (QED) is 0.665. The van der Waals surface area contributed by atoms with Gasteiger partial charge < -0.3 is 16.2 Å². The number of rotatable bonds is 7. The summed E-state index contributed by atoms with van der Waals surface area (Å²) in [5, 5.41) is 12.6. The molecule has 1 aliphatic heterocycles. The lowest BCUT2D eigenvalue weighted by molar-refractivity contribution is -0.121. The van der Waals surface area contributed by atoms with Crippen LogP contribution in [0.5, 0.6) is 0 Å². The van der Waals surface area contributed by atoms with Crippen molar-refractivity contribution in [3.63, 3.8) is 0 Å². The van der Waals surface area contributed by atoms with Gasteiger partial charge in [0.1, 0.15) is 0 Å². The highest BCUT2D eigenvalue weighted by Crippen LogP contribution is 2.16. The van der Waals surface area contributed by atoms with Crippen LogP contribution in [-0.2, 0) is 17.9 Å². The number of amides is 1. The molecule has 1 heterocycles. The summed E-state index contributed by atoms with van der Waals surface area (Å²) < 4.78 is 0. The Morgan fingerprint density at radius 3 is 2.48 bits per heavy atom. The predicted molar refractivity (Wildman–Crippen MR) is 106 cm³/mol. The third-order valence-electron chi connectivity index (χ3n) is 4.37. The molecule has 0 spiro atoms. The molecular formula is C18H31Cl2N3O2. The van der Waals surface area contributed by atoms with Crippen LogP contribution < -0.4 is 11.1 Å². The number of carbonyl (C=O) groups is 1. The number of hydrogen-bond donors (Lipinski definition) is 3. The van der Waals surface area contributed by atoms with E-state index in [4.69, 9.17) is 5.73 Å². The molecule has 5 nitrogen and oxygen atoms in total. The van der Waals surface area contributed by atoms with E-state index in [1.54, 1.807) is 0 Å². The zero-order chi connectivity index (χ0) is 16.7. The summed E-state index contributed by atoms with van der Waals surface area (Å²) in [6.45, 7) is 5.20. The fraction of sp³-hybridized carbons (Fsp3) is 0.611. The molecule has 1 aromatic rings. The molecule has 25 heavy (non-hydrogen) atoms. The Morgan fingerprint density at radius 2 is 1.88 bits per heavy atom. The molecule has 7 heteroatoms. The van der Waals surface area contributed by atoms with Gasteiger partial charge in [-0.05, 0) is 37.3 Å².